The van der Waals surface area contributed by atoms with Crippen LogP contribution >= 0.6 is 11.3 Å². The Bertz CT molecular complexity index is 1020. The van der Waals surface area contributed by atoms with Crippen molar-refractivity contribution in [1.29, 1.82) is 0 Å². The van der Waals surface area contributed by atoms with Crippen LogP contribution in [0.3, 0.4) is 0 Å². The fourth-order valence-corrected chi connectivity index (χ4v) is 4.35. The number of carbonyl (C=O) groups is 1. The van der Waals surface area contributed by atoms with Gasteiger partial charge in [0.25, 0.3) is 5.91 Å². The van der Waals surface area contributed by atoms with Gasteiger partial charge in [-0.1, -0.05) is 55.3 Å². The van der Waals surface area contributed by atoms with Crippen LogP contribution in [0.5, 0.6) is 0 Å². The van der Waals surface area contributed by atoms with Crippen LogP contribution in [0.2, 0.25) is 0 Å². The zero-order valence-corrected chi connectivity index (χ0v) is 16.6. The van der Waals surface area contributed by atoms with E-state index < -0.39 is 11.7 Å². The van der Waals surface area contributed by atoms with E-state index in [-0.39, 0.29) is 5.56 Å². The van der Waals surface area contributed by atoms with Gasteiger partial charge in [-0.05, 0) is 38.0 Å². The summed E-state index contributed by atoms with van der Waals surface area (Å²) in [5.41, 5.74) is 3.42. The third-order valence-corrected chi connectivity index (χ3v) is 5.54. The van der Waals surface area contributed by atoms with Crippen molar-refractivity contribution in [2.45, 2.75) is 40.2 Å². The second kappa shape index (κ2) is 8.44. The summed E-state index contributed by atoms with van der Waals surface area (Å²) >= 11 is 1.52. The summed E-state index contributed by atoms with van der Waals surface area (Å²) in [6.07, 6.45) is 1.92. The molecule has 3 nitrogen and oxygen atoms in total. The summed E-state index contributed by atoms with van der Waals surface area (Å²) in [6.45, 7) is 6.92. The predicted molar refractivity (Wildman–Crippen MR) is 108 cm³/mol. The van der Waals surface area contributed by atoms with E-state index >= 15 is 0 Å². The van der Waals surface area contributed by atoms with Gasteiger partial charge in [-0.25, -0.2) is 4.39 Å². The number of aryl methyl sites for hydroxylation is 2. The van der Waals surface area contributed by atoms with Crippen LogP contribution in [0, 0.1) is 12.7 Å². The van der Waals surface area contributed by atoms with Crippen LogP contribution in [0.25, 0.3) is 11.3 Å². The zero-order chi connectivity index (χ0) is 19.4. The maximum Gasteiger partial charge on any atom is 0.282 e. The maximum absolute atomic E-state index is 13.9. The Morgan fingerprint density at radius 2 is 1.81 bits per heavy atom. The Balaban J connectivity index is 2.16. The first-order valence-corrected chi connectivity index (χ1v) is 9.99. The molecule has 0 fully saturated rings. The van der Waals surface area contributed by atoms with Crippen molar-refractivity contribution in [2.24, 2.45) is 4.99 Å². The SMILES string of the molecule is CCCc1sc(=NC(=O)c2ccccc2F)n(CC)c1-c1ccc(C)cc1. The van der Waals surface area contributed by atoms with Crippen LogP contribution in [0.4, 0.5) is 4.39 Å². The highest BCUT2D eigenvalue weighted by Crippen LogP contribution is 2.27. The molecule has 140 valence electrons. The topological polar surface area (TPSA) is 34.4 Å². The van der Waals surface area contributed by atoms with E-state index in [1.807, 2.05) is 6.92 Å². The lowest BCUT2D eigenvalue weighted by Gasteiger charge is -2.09. The van der Waals surface area contributed by atoms with Crippen LogP contribution in [-0.4, -0.2) is 10.5 Å². The van der Waals surface area contributed by atoms with Gasteiger partial charge in [-0.3, -0.25) is 4.79 Å². The minimum Gasteiger partial charge on any atom is -0.316 e. The largest absolute Gasteiger partial charge is 0.316 e. The molecule has 0 unspecified atom stereocenters. The number of aromatic nitrogens is 1. The number of nitrogens with zero attached hydrogens (tertiary/aromatic N) is 2. The molecule has 27 heavy (non-hydrogen) atoms. The molecule has 0 bridgehead atoms. The van der Waals surface area contributed by atoms with Crippen LogP contribution < -0.4 is 4.80 Å². The Labute approximate surface area is 162 Å². The molecule has 0 radical (unpaired) electrons. The van der Waals surface area contributed by atoms with Gasteiger partial charge in [0.2, 0.25) is 0 Å². The molecule has 0 N–H and O–H groups in total. The summed E-state index contributed by atoms with van der Waals surface area (Å²) < 4.78 is 16.0. The summed E-state index contributed by atoms with van der Waals surface area (Å²) in [7, 11) is 0. The lowest BCUT2D eigenvalue weighted by atomic mass is 10.1. The molecule has 0 saturated carbocycles. The molecule has 0 saturated heterocycles. The highest BCUT2D eigenvalue weighted by atomic mass is 32.1. The van der Waals surface area contributed by atoms with E-state index in [4.69, 9.17) is 0 Å². The van der Waals surface area contributed by atoms with Gasteiger partial charge in [0.15, 0.2) is 4.80 Å². The van der Waals surface area contributed by atoms with E-state index in [0.29, 0.717) is 11.3 Å². The summed E-state index contributed by atoms with van der Waals surface area (Å²) in [4.78, 5) is 18.6. The maximum atomic E-state index is 13.9. The van der Waals surface area contributed by atoms with Crippen molar-refractivity contribution >= 4 is 17.2 Å². The van der Waals surface area contributed by atoms with Crippen molar-refractivity contribution in [3.05, 3.63) is 75.2 Å². The molecular weight excluding hydrogens is 359 g/mol. The van der Waals surface area contributed by atoms with Gasteiger partial charge in [-0.2, -0.15) is 4.99 Å². The van der Waals surface area contributed by atoms with E-state index in [1.165, 1.54) is 33.9 Å². The van der Waals surface area contributed by atoms with Crippen LogP contribution in [-0.2, 0) is 13.0 Å². The lowest BCUT2D eigenvalue weighted by Crippen LogP contribution is -2.17. The molecule has 0 spiro atoms. The first-order valence-electron chi connectivity index (χ1n) is 9.18. The van der Waals surface area contributed by atoms with Gasteiger partial charge in [0.1, 0.15) is 5.82 Å². The van der Waals surface area contributed by atoms with Crippen molar-refractivity contribution in [1.82, 2.24) is 4.57 Å². The Kier molecular flexibility index (Phi) is 6.01. The highest BCUT2D eigenvalue weighted by Gasteiger charge is 2.16. The fourth-order valence-electron chi connectivity index (χ4n) is 3.04. The molecule has 0 aliphatic heterocycles. The summed E-state index contributed by atoms with van der Waals surface area (Å²) in [6, 6.07) is 14.3. The first-order chi connectivity index (χ1) is 13.0. The average Bonchev–Trinajstić information content (AvgIpc) is 3.00. The van der Waals surface area contributed by atoms with Gasteiger partial charge >= 0.3 is 0 Å². The molecule has 3 rings (SSSR count). The summed E-state index contributed by atoms with van der Waals surface area (Å²) in [5.74, 6) is -1.09. The number of amides is 1. The van der Waals surface area contributed by atoms with E-state index in [0.717, 1.165) is 24.1 Å². The molecular formula is C22H23FN2OS. The third-order valence-electron chi connectivity index (χ3n) is 4.40. The zero-order valence-electron chi connectivity index (χ0n) is 15.8. The van der Waals surface area contributed by atoms with Crippen molar-refractivity contribution < 1.29 is 9.18 Å². The van der Waals surface area contributed by atoms with Gasteiger partial charge in [-0.15, -0.1) is 11.3 Å². The molecule has 0 aliphatic carbocycles. The smallest absolute Gasteiger partial charge is 0.282 e. The molecule has 0 aliphatic rings. The molecule has 2 aromatic carbocycles. The lowest BCUT2D eigenvalue weighted by molar-refractivity contribution is 0.0994. The van der Waals surface area contributed by atoms with Crippen LogP contribution in [0.1, 0.15) is 41.1 Å². The van der Waals surface area contributed by atoms with E-state index in [1.54, 1.807) is 12.1 Å². The standard InChI is InChI=1S/C22H23FN2OS/c1-4-8-19-20(16-13-11-15(3)12-14-16)25(5-2)22(27-19)24-21(26)17-9-6-7-10-18(17)23/h6-7,9-14H,4-5,8H2,1-3H3. The minimum atomic E-state index is -0.546. The molecule has 5 heteroatoms. The molecule has 0 atom stereocenters. The van der Waals surface area contributed by atoms with Gasteiger partial charge in [0, 0.05) is 11.4 Å². The normalized spacial score (nSPS) is 11.8. The van der Waals surface area contributed by atoms with Gasteiger partial charge in [0.05, 0.1) is 11.3 Å². The predicted octanol–water partition coefficient (Wildman–Crippen LogP) is 5.38. The second-order valence-electron chi connectivity index (χ2n) is 6.41. The van der Waals surface area contributed by atoms with E-state index in [9.17, 15) is 9.18 Å². The Morgan fingerprint density at radius 3 is 2.44 bits per heavy atom. The third kappa shape index (κ3) is 4.08. The average molecular weight is 383 g/mol. The minimum absolute atomic E-state index is 0.00230. The number of hydrogen-bond donors (Lipinski definition) is 0. The summed E-state index contributed by atoms with van der Waals surface area (Å²) in [5, 5.41) is 0. The van der Waals surface area contributed by atoms with Gasteiger partial charge < -0.3 is 4.57 Å². The number of hydrogen-bond acceptors (Lipinski definition) is 2. The molecule has 3 aromatic rings. The number of benzene rings is 2. The Hall–Kier alpha value is -2.53. The fraction of sp³-hybridized carbons (Fsp3) is 0.273. The van der Waals surface area contributed by atoms with E-state index in [2.05, 4.69) is 47.7 Å². The first kappa shape index (κ1) is 19.2. The van der Waals surface area contributed by atoms with Crippen LogP contribution in [0.15, 0.2) is 53.5 Å². The molecule has 1 heterocycles. The van der Waals surface area contributed by atoms with Crippen molar-refractivity contribution in [3.63, 3.8) is 0 Å². The quantitative estimate of drug-likeness (QED) is 0.583. The van der Waals surface area contributed by atoms with Crippen molar-refractivity contribution in [2.75, 3.05) is 0 Å². The highest BCUT2D eigenvalue weighted by molar-refractivity contribution is 7.09. The second-order valence-corrected chi connectivity index (χ2v) is 7.48. The Morgan fingerprint density at radius 1 is 1.11 bits per heavy atom. The molecule has 1 aromatic heterocycles. The number of rotatable bonds is 5. The molecule has 1 amide bonds. The number of carbonyl (C=O) groups excluding carboxylic acids is 1. The number of halogens is 1. The monoisotopic (exact) mass is 382 g/mol. The number of thiazole rings is 1. The van der Waals surface area contributed by atoms with Crippen molar-refractivity contribution in [3.8, 4) is 11.3 Å².